The number of nitrogens with zero attached hydrogens (tertiary/aromatic N) is 1. The zero-order valence-corrected chi connectivity index (χ0v) is 11.8. The molecule has 8 nitrogen and oxygen atoms in total. The molecule has 0 aliphatic carbocycles. The quantitative estimate of drug-likeness (QED) is 0.354. The molecule has 0 aliphatic heterocycles. The lowest BCUT2D eigenvalue weighted by atomic mass is 10.2. The van der Waals surface area contributed by atoms with Gasteiger partial charge in [0.1, 0.15) is 12.3 Å². The summed E-state index contributed by atoms with van der Waals surface area (Å²) in [6, 6.07) is -1.09. The summed E-state index contributed by atoms with van der Waals surface area (Å²) >= 11 is 0. The molecule has 9 heteroatoms. The predicted molar refractivity (Wildman–Crippen MR) is 68.5 cm³/mol. The van der Waals surface area contributed by atoms with Gasteiger partial charge in [0.15, 0.2) is 0 Å². The molecule has 0 heterocycles. The van der Waals surface area contributed by atoms with Gasteiger partial charge in [-0.05, 0) is 20.4 Å². The van der Waals surface area contributed by atoms with Crippen LogP contribution in [0.15, 0.2) is 12.2 Å². The van der Waals surface area contributed by atoms with Crippen molar-refractivity contribution in [1.82, 2.24) is 10.2 Å². The maximum atomic E-state index is 11.2. The van der Waals surface area contributed by atoms with Crippen LogP contribution in [0.4, 0.5) is 0 Å². The molecule has 19 heavy (non-hydrogen) atoms. The number of rotatable bonds is 8. The zero-order chi connectivity index (χ0) is 15.2. The van der Waals surface area contributed by atoms with Gasteiger partial charge >= 0.3 is 13.6 Å². The summed E-state index contributed by atoms with van der Waals surface area (Å²) in [7, 11) is -3.02. The van der Waals surface area contributed by atoms with Crippen LogP contribution in [0.2, 0.25) is 0 Å². The normalized spacial score (nSPS) is 13.1. The Balaban J connectivity index is 4.43. The van der Waals surface area contributed by atoms with Gasteiger partial charge < -0.3 is 20.2 Å². The summed E-state index contributed by atoms with van der Waals surface area (Å²) < 4.78 is 10.8. The maximum absolute atomic E-state index is 11.2. The van der Waals surface area contributed by atoms with Crippen molar-refractivity contribution >= 4 is 19.5 Å². The molecule has 0 aromatic rings. The molecule has 110 valence electrons. The number of hydrogen-bond acceptors (Lipinski definition) is 4. The third-order valence-corrected chi connectivity index (χ3v) is 3.13. The van der Waals surface area contributed by atoms with E-state index in [1.807, 2.05) is 0 Å². The molecule has 0 bridgehead atoms. The molecule has 0 aromatic carbocycles. The van der Waals surface area contributed by atoms with Crippen molar-refractivity contribution in [3.8, 4) is 0 Å². The van der Waals surface area contributed by atoms with Crippen molar-refractivity contribution in [2.24, 2.45) is 0 Å². The number of hydrogen-bond donors (Lipinski definition) is 4. The average Bonchev–Trinajstić information content (AvgIpc) is 2.20. The van der Waals surface area contributed by atoms with E-state index in [-0.39, 0.29) is 18.9 Å². The SMILES string of the molecule is C=C(C)C(=O)NCCC(C(=O)O)N(C)CP(=O)(O)O. The van der Waals surface area contributed by atoms with Gasteiger partial charge in [0.25, 0.3) is 0 Å². The molecule has 0 aliphatic rings. The van der Waals surface area contributed by atoms with Crippen molar-refractivity contribution in [3.05, 3.63) is 12.2 Å². The van der Waals surface area contributed by atoms with Crippen molar-refractivity contribution < 1.29 is 29.0 Å². The second-order valence-electron chi connectivity index (χ2n) is 4.24. The van der Waals surface area contributed by atoms with Crippen LogP contribution in [-0.2, 0) is 14.2 Å². The molecule has 1 unspecified atom stereocenters. The minimum absolute atomic E-state index is 0.0326. The van der Waals surface area contributed by atoms with Crippen LogP contribution in [0.25, 0.3) is 0 Å². The lowest BCUT2D eigenvalue weighted by Crippen LogP contribution is -2.41. The number of carbonyl (C=O) groups is 2. The lowest BCUT2D eigenvalue weighted by Gasteiger charge is -2.24. The van der Waals surface area contributed by atoms with E-state index in [9.17, 15) is 14.2 Å². The second-order valence-corrected chi connectivity index (χ2v) is 5.85. The molecule has 0 saturated heterocycles. The fourth-order valence-corrected chi connectivity index (χ4v) is 2.17. The van der Waals surface area contributed by atoms with E-state index < -0.39 is 25.9 Å². The fourth-order valence-electron chi connectivity index (χ4n) is 1.39. The van der Waals surface area contributed by atoms with Crippen LogP contribution in [0, 0.1) is 0 Å². The molecule has 1 atom stereocenters. The topological polar surface area (TPSA) is 127 Å². The molecule has 0 radical (unpaired) electrons. The molecular weight excluding hydrogens is 275 g/mol. The molecule has 4 N–H and O–H groups in total. The number of amides is 1. The summed E-state index contributed by atoms with van der Waals surface area (Å²) in [5.41, 5.74) is 0.301. The average molecular weight is 294 g/mol. The Hall–Kier alpha value is -1.21. The van der Waals surface area contributed by atoms with Crippen LogP contribution in [0.5, 0.6) is 0 Å². The molecule has 0 spiro atoms. The van der Waals surface area contributed by atoms with E-state index in [2.05, 4.69) is 11.9 Å². The van der Waals surface area contributed by atoms with Crippen LogP contribution in [-0.4, -0.2) is 57.6 Å². The first kappa shape index (κ1) is 17.8. The van der Waals surface area contributed by atoms with E-state index in [1.165, 1.54) is 14.0 Å². The van der Waals surface area contributed by atoms with Gasteiger partial charge in [0.2, 0.25) is 5.91 Å². The summed E-state index contributed by atoms with van der Waals surface area (Å²) in [4.78, 5) is 40.9. The van der Waals surface area contributed by atoms with Crippen molar-refractivity contribution in [2.75, 3.05) is 19.9 Å². The summed E-state index contributed by atoms with van der Waals surface area (Å²) in [5, 5.41) is 11.5. The number of likely N-dealkylation sites (N-methyl/N-ethyl adjacent to an activating group) is 1. The minimum atomic E-state index is -4.32. The Kier molecular flexibility index (Phi) is 6.93. The van der Waals surface area contributed by atoms with Gasteiger partial charge in [-0.2, -0.15) is 0 Å². The second kappa shape index (κ2) is 7.40. The van der Waals surface area contributed by atoms with E-state index in [1.54, 1.807) is 0 Å². The molecule has 1 amide bonds. The first-order chi connectivity index (χ1) is 8.54. The molecule has 0 fully saturated rings. The van der Waals surface area contributed by atoms with Crippen LogP contribution in [0.3, 0.4) is 0 Å². The number of aliphatic carboxylic acids is 1. The Labute approximate surface area is 111 Å². The van der Waals surface area contributed by atoms with E-state index in [0.29, 0.717) is 5.57 Å². The van der Waals surface area contributed by atoms with Gasteiger partial charge in [0, 0.05) is 12.1 Å². The zero-order valence-electron chi connectivity index (χ0n) is 10.9. The number of nitrogens with one attached hydrogen (secondary N) is 1. The Morgan fingerprint density at radius 1 is 1.42 bits per heavy atom. The largest absolute Gasteiger partial charge is 0.480 e. The summed E-state index contributed by atoms with van der Waals surface area (Å²) in [5.74, 6) is -1.60. The standard InChI is InChI=1S/C10H19N2O6P/c1-7(2)9(13)11-5-4-8(10(14)15)12(3)6-19(16,17)18/h8H,1,4-6H2,2-3H3,(H,11,13)(H,14,15)(H2,16,17,18). The smallest absolute Gasteiger partial charge is 0.339 e. The number of carboxylic acid groups (broad SMARTS) is 1. The Morgan fingerprint density at radius 3 is 2.32 bits per heavy atom. The summed E-state index contributed by atoms with van der Waals surface area (Å²) in [6.07, 6.45) is -0.622. The molecule has 0 rings (SSSR count). The van der Waals surface area contributed by atoms with Crippen LogP contribution < -0.4 is 5.32 Å². The highest BCUT2D eigenvalue weighted by atomic mass is 31.2. The molecular formula is C10H19N2O6P. The monoisotopic (exact) mass is 294 g/mol. The van der Waals surface area contributed by atoms with Gasteiger partial charge in [0.05, 0.1) is 0 Å². The van der Waals surface area contributed by atoms with E-state index in [0.717, 1.165) is 4.90 Å². The Bertz CT molecular complexity index is 405. The van der Waals surface area contributed by atoms with Gasteiger partial charge in [-0.1, -0.05) is 6.58 Å². The van der Waals surface area contributed by atoms with Crippen LogP contribution >= 0.6 is 7.60 Å². The van der Waals surface area contributed by atoms with Crippen molar-refractivity contribution in [2.45, 2.75) is 19.4 Å². The van der Waals surface area contributed by atoms with E-state index >= 15 is 0 Å². The highest BCUT2D eigenvalue weighted by Gasteiger charge is 2.27. The lowest BCUT2D eigenvalue weighted by molar-refractivity contribution is -0.142. The molecule has 0 aromatic heterocycles. The van der Waals surface area contributed by atoms with Crippen molar-refractivity contribution in [3.63, 3.8) is 0 Å². The highest BCUT2D eigenvalue weighted by molar-refractivity contribution is 7.51. The number of carbonyl (C=O) groups excluding carboxylic acids is 1. The third kappa shape index (κ3) is 7.74. The fraction of sp³-hybridized carbons (Fsp3) is 0.600. The summed E-state index contributed by atoms with van der Waals surface area (Å²) in [6.45, 7) is 5.03. The minimum Gasteiger partial charge on any atom is -0.480 e. The van der Waals surface area contributed by atoms with E-state index in [4.69, 9.17) is 14.9 Å². The van der Waals surface area contributed by atoms with Gasteiger partial charge in [-0.15, -0.1) is 0 Å². The number of carboxylic acids is 1. The van der Waals surface area contributed by atoms with Gasteiger partial charge in [-0.25, -0.2) is 0 Å². The molecule has 0 saturated carbocycles. The Morgan fingerprint density at radius 2 is 1.95 bits per heavy atom. The van der Waals surface area contributed by atoms with Crippen molar-refractivity contribution in [1.29, 1.82) is 0 Å². The highest BCUT2D eigenvalue weighted by Crippen LogP contribution is 2.35. The van der Waals surface area contributed by atoms with Gasteiger partial charge in [-0.3, -0.25) is 19.1 Å². The predicted octanol–water partition coefficient (Wildman–Crippen LogP) is -0.411. The van der Waals surface area contributed by atoms with Crippen LogP contribution in [0.1, 0.15) is 13.3 Å². The third-order valence-electron chi connectivity index (χ3n) is 2.32. The first-order valence-corrected chi connectivity index (χ1v) is 7.25. The first-order valence-electron chi connectivity index (χ1n) is 5.46. The maximum Gasteiger partial charge on any atom is 0.339 e.